The van der Waals surface area contributed by atoms with Crippen LogP contribution < -0.4 is 15.4 Å². The Bertz CT molecular complexity index is 530. The molecule has 0 aromatic heterocycles. The molecule has 142 valence electrons. The molecule has 1 fully saturated rings. The maximum absolute atomic E-state index is 5.68. The lowest BCUT2D eigenvalue weighted by atomic mass is 10.1. The zero-order valence-corrected chi connectivity index (χ0v) is 18.2. The molecule has 1 aromatic carbocycles. The first-order valence-electron chi connectivity index (χ1n) is 9.05. The summed E-state index contributed by atoms with van der Waals surface area (Å²) >= 11 is 0. The summed E-state index contributed by atoms with van der Waals surface area (Å²) in [5.74, 6) is 2.62. The maximum atomic E-state index is 5.68. The number of likely N-dealkylation sites (N-methyl/N-ethyl adjacent to an activating group) is 1. The Balaban J connectivity index is 0.00000312. The number of hydrogen-bond donors (Lipinski definition) is 2. The minimum atomic E-state index is 0. The summed E-state index contributed by atoms with van der Waals surface area (Å²) in [7, 11) is 4.32. The molecule has 1 saturated carbocycles. The number of nitrogens with zero attached hydrogens (tertiary/aromatic N) is 2. The molecule has 25 heavy (non-hydrogen) atoms. The van der Waals surface area contributed by atoms with E-state index in [4.69, 9.17) is 9.73 Å². The van der Waals surface area contributed by atoms with Crippen molar-refractivity contribution in [3.05, 3.63) is 29.8 Å². The summed E-state index contributed by atoms with van der Waals surface area (Å²) in [6.07, 6.45) is 2.69. The topological polar surface area (TPSA) is 48.9 Å². The van der Waals surface area contributed by atoms with Crippen molar-refractivity contribution in [2.45, 2.75) is 39.3 Å². The van der Waals surface area contributed by atoms with Gasteiger partial charge in [-0.1, -0.05) is 18.2 Å². The predicted octanol–water partition coefficient (Wildman–Crippen LogP) is 3.10. The van der Waals surface area contributed by atoms with E-state index in [0.717, 1.165) is 36.3 Å². The molecule has 1 aliphatic rings. The first kappa shape index (κ1) is 22.0. The predicted molar refractivity (Wildman–Crippen MR) is 116 cm³/mol. The molecular weight excluding hydrogens is 427 g/mol. The maximum Gasteiger partial charge on any atom is 0.191 e. The van der Waals surface area contributed by atoms with Crippen LogP contribution in [0.2, 0.25) is 0 Å². The van der Waals surface area contributed by atoms with E-state index in [1.807, 2.05) is 25.1 Å². The Hall–Kier alpha value is -1.02. The van der Waals surface area contributed by atoms with Crippen LogP contribution in [0.3, 0.4) is 0 Å². The fourth-order valence-corrected chi connectivity index (χ4v) is 2.89. The molecule has 0 heterocycles. The van der Waals surface area contributed by atoms with Gasteiger partial charge in [-0.25, -0.2) is 4.99 Å². The zero-order valence-electron chi connectivity index (χ0n) is 15.9. The van der Waals surface area contributed by atoms with Crippen molar-refractivity contribution in [2.24, 2.45) is 10.9 Å². The number of ether oxygens (including phenoxy) is 1. The molecule has 2 N–H and O–H groups in total. The van der Waals surface area contributed by atoms with Crippen LogP contribution in [0.1, 0.15) is 32.3 Å². The van der Waals surface area contributed by atoms with Crippen LogP contribution >= 0.6 is 24.0 Å². The SMILES string of the molecule is CCNC(=NCc1ccccc1OCC)NCC(C1CC1)N(C)C.I. The van der Waals surface area contributed by atoms with Crippen LogP contribution in [0.5, 0.6) is 5.75 Å². The fraction of sp³-hybridized carbons (Fsp3) is 0.632. The Morgan fingerprint density at radius 1 is 1.24 bits per heavy atom. The third-order valence-corrected chi connectivity index (χ3v) is 4.33. The summed E-state index contributed by atoms with van der Waals surface area (Å²) < 4.78 is 5.68. The number of guanidine groups is 1. The van der Waals surface area contributed by atoms with Gasteiger partial charge in [-0.05, 0) is 52.8 Å². The van der Waals surface area contributed by atoms with E-state index in [1.165, 1.54) is 12.8 Å². The second-order valence-electron chi connectivity index (χ2n) is 6.49. The van der Waals surface area contributed by atoms with Crippen LogP contribution in [0.15, 0.2) is 29.3 Å². The third kappa shape index (κ3) is 7.40. The van der Waals surface area contributed by atoms with Gasteiger partial charge < -0.3 is 20.3 Å². The number of halogens is 1. The van der Waals surface area contributed by atoms with E-state index in [9.17, 15) is 0 Å². The van der Waals surface area contributed by atoms with Gasteiger partial charge in [-0.3, -0.25) is 0 Å². The summed E-state index contributed by atoms with van der Waals surface area (Å²) in [5.41, 5.74) is 1.11. The van der Waals surface area contributed by atoms with Gasteiger partial charge in [0.25, 0.3) is 0 Å². The average Bonchev–Trinajstić information content (AvgIpc) is 3.39. The first-order valence-corrected chi connectivity index (χ1v) is 9.05. The Kier molecular flexibility index (Phi) is 10.2. The molecule has 1 aliphatic carbocycles. The summed E-state index contributed by atoms with van der Waals surface area (Å²) in [6, 6.07) is 8.68. The van der Waals surface area contributed by atoms with Gasteiger partial charge in [-0.2, -0.15) is 0 Å². The van der Waals surface area contributed by atoms with E-state index < -0.39 is 0 Å². The van der Waals surface area contributed by atoms with Crippen molar-refractivity contribution < 1.29 is 4.74 Å². The number of nitrogens with one attached hydrogen (secondary N) is 2. The van der Waals surface area contributed by atoms with Gasteiger partial charge in [0.1, 0.15) is 5.75 Å². The summed E-state index contributed by atoms with van der Waals surface area (Å²) in [6.45, 7) is 7.17. The number of para-hydroxylation sites is 1. The fourth-order valence-electron chi connectivity index (χ4n) is 2.89. The molecule has 0 bridgehead atoms. The van der Waals surface area contributed by atoms with Crippen molar-refractivity contribution in [2.75, 3.05) is 33.8 Å². The highest BCUT2D eigenvalue weighted by Crippen LogP contribution is 2.34. The van der Waals surface area contributed by atoms with Crippen LogP contribution in [-0.2, 0) is 6.54 Å². The van der Waals surface area contributed by atoms with Crippen LogP contribution in [-0.4, -0.2) is 50.7 Å². The lowest BCUT2D eigenvalue weighted by molar-refractivity contribution is 0.264. The molecule has 0 spiro atoms. The largest absolute Gasteiger partial charge is 0.494 e. The van der Waals surface area contributed by atoms with Crippen LogP contribution in [0, 0.1) is 5.92 Å². The molecule has 0 amide bonds. The molecule has 1 unspecified atom stereocenters. The summed E-state index contributed by atoms with van der Waals surface area (Å²) in [4.78, 5) is 7.05. The van der Waals surface area contributed by atoms with E-state index in [1.54, 1.807) is 0 Å². The van der Waals surface area contributed by atoms with Gasteiger partial charge in [-0.15, -0.1) is 24.0 Å². The molecule has 0 saturated heterocycles. The van der Waals surface area contributed by atoms with Crippen molar-refractivity contribution in [1.29, 1.82) is 0 Å². The van der Waals surface area contributed by atoms with Gasteiger partial charge >= 0.3 is 0 Å². The molecule has 0 radical (unpaired) electrons. The molecule has 5 nitrogen and oxygen atoms in total. The normalized spacial score (nSPS) is 15.5. The van der Waals surface area contributed by atoms with E-state index in [-0.39, 0.29) is 24.0 Å². The van der Waals surface area contributed by atoms with Crippen molar-refractivity contribution in [3.63, 3.8) is 0 Å². The minimum absolute atomic E-state index is 0. The quantitative estimate of drug-likeness (QED) is 0.338. The molecular formula is C19H33IN4O. The van der Waals surface area contributed by atoms with Crippen molar-refractivity contribution in [1.82, 2.24) is 15.5 Å². The van der Waals surface area contributed by atoms with Crippen LogP contribution in [0.4, 0.5) is 0 Å². The molecule has 2 rings (SSSR count). The number of rotatable bonds is 9. The number of benzene rings is 1. The van der Waals surface area contributed by atoms with Crippen molar-refractivity contribution in [3.8, 4) is 5.75 Å². The first-order chi connectivity index (χ1) is 11.7. The minimum Gasteiger partial charge on any atom is -0.494 e. The highest BCUT2D eigenvalue weighted by Gasteiger charge is 2.32. The lowest BCUT2D eigenvalue weighted by Crippen LogP contribution is -2.46. The Morgan fingerprint density at radius 2 is 1.96 bits per heavy atom. The standard InChI is InChI=1S/C19H32N4O.HI/c1-5-20-19(22-14-17(23(3)4)15-11-12-15)21-13-16-9-7-8-10-18(16)24-6-2;/h7-10,15,17H,5-6,11-14H2,1-4H3,(H2,20,21,22);1H. The zero-order chi connectivity index (χ0) is 17.4. The van der Waals surface area contributed by atoms with E-state index in [0.29, 0.717) is 19.2 Å². The highest BCUT2D eigenvalue weighted by molar-refractivity contribution is 14.0. The second-order valence-corrected chi connectivity index (χ2v) is 6.49. The van der Waals surface area contributed by atoms with Gasteiger partial charge in [0.15, 0.2) is 5.96 Å². The van der Waals surface area contributed by atoms with Gasteiger partial charge in [0, 0.05) is 24.7 Å². The monoisotopic (exact) mass is 460 g/mol. The Morgan fingerprint density at radius 3 is 2.56 bits per heavy atom. The van der Waals surface area contributed by atoms with Crippen LogP contribution in [0.25, 0.3) is 0 Å². The smallest absolute Gasteiger partial charge is 0.191 e. The van der Waals surface area contributed by atoms with E-state index in [2.05, 4.69) is 42.6 Å². The number of aliphatic imine (C=N–C) groups is 1. The number of hydrogen-bond acceptors (Lipinski definition) is 3. The lowest BCUT2D eigenvalue weighted by Gasteiger charge is -2.25. The van der Waals surface area contributed by atoms with E-state index >= 15 is 0 Å². The third-order valence-electron chi connectivity index (χ3n) is 4.33. The average molecular weight is 460 g/mol. The molecule has 6 heteroatoms. The molecule has 1 aromatic rings. The molecule has 0 aliphatic heterocycles. The van der Waals surface area contributed by atoms with Gasteiger partial charge in [0.2, 0.25) is 0 Å². The summed E-state index contributed by atoms with van der Waals surface area (Å²) in [5, 5.41) is 6.84. The highest BCUT2D eigenvalue weighted by atomic mass is 127. The van der Waals surface area contributed by atoms with Crippen molar-refractivity contribution >= 4 is 29.9 Å². The Labute approximate surface area is 169 Å². The second kappa shape index (κ2) is 11.6. The molecule has 1 atom stereocenters. The van der Waals surface area contributed by atoms with Gasteiger partial charge in [0.05, 0.1) is 13.2 Å².